The first-order valence-electron chi connectivity index (χ1n) is 5.63. The SMILES string of the molecule is CCN(Cc1cccs1)c1cccc(C)c1. The predicted molar refractivity (Wildman–Crippen MR) is 72.2 cm³/mol. The maximum atomic E-state index is 2.40. The second kappa shape index (κ2) is 5.17. The molecule has 84 valence electrons. The molecule has 0 fully saturated rings. The zero-order valence-electron chi connectivity index (χ0n) is 9.81. The van der Waals surface area contributed by atoms with Crippen LogP contribution in [0.1, 0.15) is 17.4 Å². The van der Waals surface area contributed by atoms with Crippen molar-refractivity contribution >= 4 is 17.0 Å². The average molecular weight is 231 g/mol. The molecule has 2 heteroatoms. The smallest absolute Gasteiger partial charge is 0.0522 e. The number of benzene rings is 1. The highest BCUT2D eigenvalue weighted by atomic mass is 32.1. The minimum Gasteiger partial charge on any atom is -0.367 e. The second-order valence-corrected chi connectivity index (χ2v) is 4.96. The van der Waals surface area contributed by atoms with E-state index in [-0.39, 0.29) is 0 Å². The van der Waals surface area contributed by atoms with Gasteiger partial charge in [-0.05, 0) is 43.0 Å². The van der Waals surface area contributed by atoms with Gasteiger partial charge in [-0.1, -0.05) is 18.2 Å². The van der Waals surface area contributed by atoms with Crippen LogP contribution < -0.4 is 4.90 Å². The molecule has 0 spiro atoms. The van der Waals surface area contributed by atoms with Crippen LogP contribution in [0.15, 0.2) is 41.8 Å². The standard InChI is InChI=1S/C14H17NS/c1-3-15(11-14-8-5-9-16-14)13-7-4-6-12(2)10-13/h4-10H,3,11H2,1-2H3. The summed E-state index contributed by atoms with van der Waals surface area (Å²) in [5, 5.41) is 2.14. The Morgan fingerprint density at radius 1 is 1.19 bits per heavy atom. The molecular weight excluding hydrogens is 214 g/mol. The minimum atomic E-state index is 1.01. The highest BCUT2D eigenvalue weighted by Crippen LogP contribution is 2.20. The molecule has 0 N–H and O–H groups in total. The molecule has 0 amide bonds. The Hall–Kier alpha value is -1.28. The van der Waals surface area contributed by atoms with Crippen molar-refractivity contribution in [3.05, 3.63) is 52.2 Å². The molecule has 16 heavy (non-hydrogen) atoms. The molecular formula is C14H17NS. The Bertz CT molecular complexity index is 434. The first-order chi connectivity index (χ1) is 7.79. The fourth-order valence-electron chi connectivity index (χ4n) is 1.80. The number of aryl methyl sites for hydroxylation is 1. The van der Waals surface area contributed by atoms with Gasteiger partial charge in [-0.3, -0.25) is 0 Å². The Morgan fingerprint density at radius 2 is 2.06 bits per heavy atom. The number of anilines is 1. The van der Waals surface area contributed by atoms with E-state index in [9.17, 15) is 0 Å². The summed E-state index contributed by atoms with van der Waals surface area (Å²) < 4.78 is 0. The van der Waals surface area contributed by atoms with Crippen molar-refractivity contribution in [1.82, 2.24) is 0 Å². The van der Waals surface area contributed by atoms with Gasteiger partial charge in [0.05, 0.1) is 6.54 Å². The van der Waals surface area contributed by atoms with Gasteiger partial charge in [-0.15, -0.1) is 11.3 Å². The molecule has 1 heterocycles. The van der Waals surface area contributed by atoms with Crippen molar-refractivity contribution in [1.29, 1.82) is 0 Å². The summed E-state index contributed by atoms with van der Waals surface area (Å²) in [4.78, 5) is 3.82. The third kappa shape index (κ3) is 2.64. The van der Waals surface area contributed by atoms with Crippen LogP contribution in [0.2, 0.25) is 0 Å². The zero-order valence-corrected chi connectivity index (χ0v) is 10.6. The summed E-state index contributed by atoms with van der Waals surface area (Å²) in [6.07, 6.45) is 0. The Labute approximate surface area is 101 Å². The first kappa shape index (κ1) is 11.2. The molecule has 0 aliphatic heterocycles. The van der Waals surface area contributed by atoms with Crippen LogP contribution in [-0.2, 0) is 6.54 Å². The number of nitrogens with zero attached hydrogens (tertiary/aromatic N) is 1. The van der Waals surface area contributed by atoms with Gasteiger partial charge >= 0.3 is 0 Å². The van der Waals surface area contributed by atoms with E-state index in [1.807, 2.05) is 11.3 Å². The quantitative estimate of drug-likeness (QED) is 0.766. The monoisotopic (exact) mass is 231 g/mol. The molecule has 0 bridgehead atoms. The van der Waals surface area contributed by atoms with Gasteiger partial charge in [0, 0.05) is 17.1 Å². The third-order valence-corrected chi connectivity index (χ3v) is 3.54. The molecule has 1 aromatic heterocycles. The van der Waals surface area contributed by atoms with Crippen molar-refractivity contribution in [2.75, 3.05) is 11.4 Å². The third-order valence-electron chi connectivity index (χ3n) is 2.68. The lowest BCUT2D eigenvalue weighted by Crippen LogP contribution is -2.21. The average Bonchev–Trinajstić information content (AvgIpc) is 2.78. The minimum absolute atomic E-state index is 1.01. The van der Waals surface area contributed by atoms with E-state index in [2.05, 4.69) is 60.5 Å². The molecule has 0 saturated heterocycles. The van der Waals surface area contributed by atoms with Gasteiger partial charge in [0.2, 0.25) is 0 Å². The summed E-state index contributed by atoms with van der Waals surface area (Å²) in [6, 6.07) is 13.0. The van der Waals surface area contributed by atoms with Crippen LogP contribution in [0.3, 0.4) is 0 Å². The van der Waals surface area contributed by atoms with E-state index < -0.39 is 0 Å². The number of hydrogen-bond acceptors (Lipinski definition) is 2. The van der Waals surface area contributed by atoms with E-state index in [4.69, 9.17) is 0 Å². The fourth-order valence-corrected chi connectivity index (χ4v) is 2.52. The molecule has 0 aliphatic rings. The van der Waals surface area contributed by atoms with Crippen molar-refractivity contribution in [3.63, 3.8) is 0 Å². The molecule has 1 aromatic carbocycles. The molecule has 0 radical (unpaired) electrons. The van der Waals surface area contributed by atoms with Crippen LogP contribution in [0, 0.1) is 6.92 Å². The fraction of sp³-hybridized carbons (Fsp3) is 0.286. The molecule has 0 atom stereocenters. The second-order valence-electron chi connectivity index (χ2n) is 3.93. The maximum absolute atomic E-state index is 2.40. The van der Waals surface area contributed by atoms with E-state index >= 15 is 0 Å². The number of thiophene rings is 1. The summed E-state index contributed by atoms with van der Waals surface area (Å²) in [6.45, 7) is 6.40. The molecule has 0 unspecified atom stereocenters. The van der Waals surface area contributed by atoms with Crippen LogP contribution in [0.5, 0.6) is 0 Å². The van der Waals surface area contributed by atoms with Gasteiger partial charge in [0.25, 0.3) is 0 Å². The van der Waals surface area contributed by atoms with Crippen molar-refractivity contribution < 1.29 is 0 Å². The maximum Gasteiger partial charge on any atom is 0.0522 e. The van der Waals surface area contributed by atoms with Gasteiger partial charge in [-0.2, -0.15) is 0 Å². The van der Waals surface area contributed by atoms with Crippen molar-refractivity contribution in [3.8, 4) is 0 Å². The van der Waals surface area contributed by atoms with E-state index in [0.717, 1.165) is 13.1 Å². The summed E-state index contributed by atoms with van der Waals surface area (Å²) >= 11 is 1.82. The number of rotatable bonds is 4. The lowest BCUT2D eigenvalue weighted by atomic mass is 10.2. The Balaban J connectivity index is 2.16. The largest absolute Gasteiger partial charge is 0.367 e. The number of hydrogen-bond donors (Lipinski definition) is 0. The normalized spacial score (nSPS) is 10.4. The van der Waals surface area contributed by atoms with Crippen LogP contribution in [-0.4, -0.2) is 6.54 Å². The van der Waals surface area contributed by atoms with E-state index in [0.29, 0.717) is 0 Å². The predicted octanol–water partition coefficient (Wildman–Crippen LogP) is 4.08. The highest BCUT2D eigenvalue weighted by Gasteiger charge is 2.05. The van der Waals surface area contributed by atoms with Gasteiger partial charge in [0.1, 0.15) is 0 Å². The topological polar surface area (TPSA) is 3.24 Å². The van der Waals surface area contributed by atoms with E-state index in [1.54, 1.807) is 0 Å². The lowest BCUT2D eigenvalue weighted by molar-refractivity contribution is 0.842. The van der Waals surface area contributed by atoms with Gasteiger partial charge in [-0.25, -0.2) is 0 Å². The highest BCUT2D eigenvalue weighted by molar-refractivity contribution is 7.09. The summed E-state index contributed by atoms with van der Waals surface area (Å²) in [5.41, 5.74) is 2.64. The molecule has 0 aliphatic carbocycles. The molecule has 2 rings (SSSR count). The van der Waals surface area contributed by atoms with Crippen LogP contribution in [0.4, 0.5) is 5.69 Å². The summed E-state index contributed by atoms with van der Waals surface area (Å²) in [7, 11) is 0. The van der Waals surface area contributed by atoms with E-state index in [1.165, 1.54) is 16.1 Å². The molecule has 1 nitrogen and oxygen atoms in total. The van der Waals surface area contributed by atoms with Crippen LogP contribution >= 0.6 is 11.3 Å². The van der Waals surface area contributed by atoms with Gasteiger partial charge in [0.15, 0.2) is 0 Å². The molecule has 2 aromatic rings. The summed E-state index contributed by atoms with van der Waals surface area (Å²) in [5.74, 6) is 0. The van der Waals surface area contributed by atoms with Crippen LogP contribution in [0.25, 0.3) is 0 Å². The molecule has 0 saturated carbocycles. The Kier molecular flexibility index (Phi) is 3.62. The first-order valence-corrected chi connectivity index (χ1v) is 6.51. The Morgan fingerprint density at radius 3 is 2.69 bits per heavy atom. The lowest BCUT2D eigenvalue weighted by Gasteiger charge is -2.22. The van der Waals surface area contributed by atoms with Crippen molar-refractivity contribution in [2.45, 2.75) is 20.4 Å². The van der Waals surface area contributed by atoms with Crippen molar-refractivity contribution in [2.24, 2.45) is 0 Å². The van der Waals surface area contributed by atoms with Gasteiger partial charge < -0.3 is 4.90 Å². The zero-order chi connectivity index (χ0) is 11.4.